The average Bonchev–Trinajstić information content (AvgIpc) is 2.76. The van der Waals surface area contributed by atoms with Gasteiger partial charge < -0.3 is 19.9 Å². The molecular formula is C28H30N2O4. The first kappa shape index (κ1) is 23.4. The van der Waals surface area contributed by atoms with Gasteiger partial charge in [-0.2, -0.15) is 5.26 Å². The molecule has 6 nitrogen and oxygen atoms in total. The fraction of sp³-hybridized carbons (Fsp3) is 0.357. The molecular weight excluding hydrogens is 428 g/mol. The van der Waals surface area contributed by atoms with Gasteiger partial charge in [-0.15, -0.1) is 0 Å². The Morgan fingerprint density at radius 3 is 2.65 bits per heavy atom. The van der Waals surface area contributed by atoms with Crippen molar-refractivity contribution in [3.8, 4) is 17.6 Å². The molecule has 2 N–H and O–H groups in total. The summed E-state index contributed by atoms with van der Waals surface area (Å²) in [5.74, 6) is 1.15. The summed E-state index contributed by atoms with van der Waals surface area (Å²) in [5.41, 5.74) is 9.64. The van der Waals surface area contributed by atoms with Gasteiger partial charge in [0.05, 0.1) is 12.5 Å². The van der Waals surface area contributed by atoms with Gasteiger partial charge in [-0.3, -0.25) is 4.79 Å². The maximum Gasteiger partial charge on any atom is 0.205 e. The van der Waals surface area contributed by atoms with Crippen molar-refractivity contribution >= 4 is 5.78 Å². The van der Waals surface area contributed by atoms with Crippen molar-refractivity contribution in [2.75, 3.05) is 6.61 Å². The molecule has 0 spiro atoms. The third-order valence-corrected chi connectivity index (χ3v) is 6.15. The zero-order chi connectivity index (χ0) is 24.5. The quantitative estimate of drug-likeness (QED) is 0.621. The lowest BCUT2D eigenvalue weighted by Gasteiger charge is -2.37. The molecule has 34 heavy (non-hydrogen) atoms. The summed E-state index contributed by atoms with van der Waals surface area (Å²) < 4.78 is 17.7. The predicted octanol–water partition coefficient (Wildman–Crippen LogP) is 5.42. The van der Waals surface area contributed by atoms with Gasteiger partial charge >= 0.3 is 0 Å². The molecule has 6 heteroatoms. The Morgan fingerprint density at radius 2 is 1.94 bits per heavy atom. The van der Waals surface area contributed by atoms with Crippen LogP contribution in [-0.4, -0.2) is 12.4 Å². The Bertz CT molecular complexity index is 1230. The van der Waals surface area contributed by atoms with Gasteiger partial charge in [-0.1, -0.05) is 49.7 Å². The number of carbonyl (C=O) groups excluding carboxylic acids is 1. The van der Waals surface area contributed by atoms with Crippen molar-refractivity contribution in [2.45, 2.75) is 53.1 Å². The molecule has 1 heterocycles. The van der Waals surface area contributed by atoms with Crippen molar-refractivity contribution < 1.29 is 19.0 Å². The maximum atomic E-state index is 13.2. The summed E-state index contributed by atoms with van der Waals surface area (Å²) >= 11 is 0. The Labute approximate surface area is 200 Å². The minimum Gasteiger partial charge on any atom is -0.490 e. The van der Waals surface area contributed by atoms with E-state index in [2.05, 4.69) is 12.1 Å². The summed E-state index contributed by atoms with van der Waals surface area (Å²) in [7, 11) is 0. The third-order valence-electron chi connectivity index (χ3n) is 6.15. The minimum absolute atomic E-state index is 0.0192. The Balaban J connectivity index is 1.72. The number of nitrogens with zero attached hydrogens (tertiary/aromatic N) is 1. The Kier molecular flexibility index (Phi) is 6.39. The molecule has 0 fully saturated rings. The molecule has 1 aliphatic heterocycles. The number of hydrogen-bond donors (Lipinski definition) is 1. The van der Waals surface area contributed by atoms with Crippen LogP contribution in [0.1, 0.15) is 56.2 Å². The summed E-state index contributed by atoms with van der Waals surface area (Å²) in [4.78, 5) is 13.2. The largest absolute Gasteiger partial charge is 0.490 e. The van der Waals surface area contributed by atoms with Crippen LogP contribution in [-0.2, 0) is 16.1 Å². The topological polar surface area (TPSA) is 94.6 Å². The molecule has 0 saturated carbocycles. The van der Waals surface area contributed by atoms with Crippen LogP contribution in [0.2, 0.25) is 0 Å². The van der Waals surface area contributed by atoms with Crippen LogP contribution in [0, 0.1) is 23.7 Å². The lowest BCUT2D eigenvalue weighted by atomic mass is 9.70. The highest BCUT2D eigenvalue weighted by atomic mass is 16.5. The summed E-state index contributed by atoms with van der Waals surface area (Å²) in [6.07, 6.45) is 0.973. The van der Waals surface area contributed by atoms with Crippen LogP contribution in [0.4, 0.5) is 0 Å². The summed E-state index contributed by atoms with van der Waals surface area (Å²) in [6.45, 7) is 8.85. The predicted molar refractivity (Wildman–Crippen MR) is 129 cm³/mol. The van der Waals surface area contributed by atoms with Crippen LogP contribution in [0.15, 0.2) is 65.3 Å². The van der Waals surface area contributed by atoms with E-state index in [0.29, 0.717) is 48.9 Å². The number of nitrogens with two attached hydrogens (primary N) is 1. The molecule has 2 aliphatic rings. The van der Waals surface area contributed by atoms with Gasteiger partial charge in [0.25, 0.3) is 0 Å². The normalized spacial score (nSPS) is 19.3. The first-order valence-electron chi connectivity index (χ1n) is 11.5. The van der Waals surface area contributed by atoms with Crippen molar-refractivity contribution in [1.29, 1.82) is 5.26 Å². The monoisotopic (exact) mass is 458 g/mol. The fourth-order valence-corrected chi connectivity index (χ4v) is 4.67. The van der Waals surface area contributed by atoms with Crippen LogP contribution < -0.4 is 15.2 Å². The van der Waals surface area contributed by atoms with Crippen LogP contribution in [0.25, 0.3) is 0 Å². The van der Waals surface area contributed by atoms with E-state index < -0.39 is 5.92 Å². The Hall–Kier alpha value is -3.72. The number of nitriles is 1. The number of benzene rings is 2. The molecule has 4 rings (SSSR count). The van der Waals surface area contributed by atoms with E-state index in [-0.39, 0.29) is 22.7 Å². The van der Waals surface area contributed by atoms with Gasteiger partial charge in [0.2, 0.25) is 5.88 Å². The van der Waals surface area contributed by atoms with Crippen molar-refractivity contribution in [2.24, 2.45) is 11.1 Å². The van der Waals surface area contributed by atoms with E-state index in [1.54, 1.807) is 0 Å². The third kappa shape index (κ3) is 4.65. The molecule has 0 radical (unpaired) electrons. The number of hydrogen-bond acceptors (Lipinski definition) is 6. The average molecular weight is 459 g/mol. The minimum atomic E-state index is -0.595. The highest BCUT2D eigenvalue weighted by Crippen LogP contribution is 2.48. The SMILES string of the molecule is CCOc1cc(C2C(C#N)=C(N)OC3=C2C(=O)CC(C)(C)C3)ccc1OCc1cccc(C)c1. The lowest BCUT2D eigenvalue weighted by molar-refractivity contribution is -0.119. The number of carbonyl (C=O) groups is 1. The second kappa shape index (κ2) is 9.26. The molecule has 1 atom stereocenters. The summed E-state index contributed by atoms with van der Waals surface area (Å²) in [6, 6.07) is 15.8. The molecule has 1 unspecified atom stereocenters. The van der Waals surface area contributed by atoms with Gasteiger partial charge in [0.15, 0.2) is 17.3 Å². The van der Waals surface area contributed by atoms with Crippen molar-refractivity contribution in [1.82, 2.24) is 0 Å². The highest BCUT2D eigenvalue weighted by molar-refractivity contribution is 6.00. The number of allylic oxidation sites excluding steroid dienone is 3. The van der Waals surface area contributed by atoms with Crippen molar-refractivity contribution in [3.05, 3.63) is 81.9 Å². The molecule has 0 bridgehead atoms. The smallest absolute Gasteiger partial charge is 0.205 e. The van der Waals surface area contributed by atoms with Crippen LogP contribution in [0.3, 0.4) is 0 Å². The number of rotatable bonds is 6. The fourth-order valence-electron chi connectivity index (χ4n) is 4.67. The van der Waals surface area contributed by atoms with Crippen LogP contribution in [0.5, 0.6) is 11.5 Å². The molecule has 176 valence electrons. The zero-order valence-electron chi connectivity index (χ0n) is 20.1. The molecule has 0 amide bonds. The lowest BCUT2D eigenvalue weighted by Crippen LogP contribution is -2.33. The standard InChI is InChI=1S/C28H30N2O4/c1-5-32-23-12-19(9-10-22(23)33-16-18-8-6-7-17(2)11-18)25-20(15-29)27(30)34-24-14-28(3,4)13-21(31)26(24)25/h6-12,25H,5,13-14,16,30H2,1-4H3. The highest BCUT2D eigenvalue weighted by Gasteiger charge is 2.43. The van der Waals surface area contributed by atoms with Crippen molar-refractivity contribution in [3.63, 3.8) is 0 Å². The maximum absolute atomic E-state index is 13.2. The van der Waals surface area contributed by atoms with E-state index >= 15 is 0 Å². The van der Waals surface area contributed by atoms with Gasteiger partial charge in [-0.25, -0.2) is 0 Å². The molecule has 1 aliphatic carbocycles. The number of ketones is 1. The van der Waals surface area contributed by atoms with Gasteiger partial charge in [0, 0.05) is 18.4 Å². The Morgan fingerprint density at radius 1 is 1.15 bits per heavy atom. The van der Waals surface area contributed by atoms with Gasteiger partial charge in [-0.05, 0) is 42.5 Å². The van der Waals surface area contributed by atoms with E-state index in [0.717, 1.165) is 11.1 Å². The van der Waals surface area contributed by atoms with Gasteiger partial charge in [0.1, 0.15) is 24.0 Å². The van der Waals surface area contributed by atoms with E-state index in [1.807, 2.05) is 64.1 Å². The summed E-state index contributed by atoms with van der Waals surface area (Å²) in [5, 5.41) is 9.87. The number of ether oxygens (including phenoxy) is 3. The number of aryl methyl sites for hydroxylation is 1. The van der Waals surface area contributed by atoms with E-state index in [4.69, 9.17) is 19.9 Å². The first-order chi connectivity index (χ1) is 16.2. The first-order valence-corrected chi connectivity index (χ1v) is 11.5. The second-order valence-corrected chi connectivity index (χ2v) is 9.62. The second-order valence-electron chi connectivity index (χ2n) is 9.62. The molecule has 2 aromatic carbocycles. The number of Topliss-reactive ketones (excluding diaryl/α,β-unsaturated/α-hetero) is 1. The van der Waals surface area contributed by atoms with E-state index in [1.165, 1.54) is 5.56 Å². The zero-order valence-corrected chi connectivity index (χ0v) is 20.1. The van der Waals surface area contributed by atoms with E-state index in [9.17, 15) is 10.1 Å². The molecule has 2 aromatic rings. The van der Waals surface area contributed by atoms with Crippen LogP contribution >= 0.6 is 0 Å². The molecule has 0 saturated heterocycles. The molecule has 0 aromatic heterocycles.